The van der Waals surface area contributed by atoms with E-state index in [1.807, 2.05) is 36.4 Å². The SMILES string of the molecule is N#Cc1cccc(N2C(=O)C(CCCC(=O)NO)N(Cc3ccccc3)C2=O)c1. The molecule has 1 aliphatic rings. The van der Waals surface area contributed by atoms with Crippen LogP contribution in [-0.2, 0) is 16.1 Å². The summed E-state index contributed by atoms with van der Waals surface area (Å²) in [5.41, 5.74) is 3.13. The van der Waals surface area contributed by atoms with E-state index in [4.69, 9.17) is 10.5 Å². The van der Waals surface area contributed by atoms with Crippen LogP contribution in [0.4, 0.5) is 10.5 Å². The first kappa shape index (κ1) is 20.0. The number of hydrogen-bond acceptors (Lipinski definition) is 5. The fourth-order valence-electron chi connectivity index (χ4n) is 3.34. The van der Waals surface area contributed by atoms with Crippen LogP contribution in [0, 0.1) is 11.3 Å². The van der Waals surface area contributed by atoms with Gasteiger partial charge in [0.25, 0.3) is 5.91 Å². The number of nitriles is 1. The van der Waals surface area contributed by atoms with E-state index in [0.29, 0.717) is 17.7 Å². The third kappa shape index (κ3) is 4.42. The van der Waals surface area contributed by atoms with Gasteiger partial charge in [0.15, 0.2) is 0 Å². The second-order valence-electron chi connectivity index (χ2n) is 6.67. The Morgan fingerprint density at radius 1 is 1.14 bits per heavy atom. The Hall–Kier alpha value is -3.70. The van der Waals surface area contributed by atoms with Crippen LogP contribution in [0.25, 0.3) is 0 Å². The summed E-state index contributed by atoms with van der Waals surface area (Å²) in [6.07, 6.45) is 0.643. The normalized spacial score (nSPS) is 16.1. The molecule has 2 aromatic carbocycles. The molecule has 0 bridgehead atoms. The second kappa shape index (κ2) is 8.99. The van der Waals surface area contributed by atoms with E-state index < -0.39 is 23.9 Å². The zero-order valence-electron chi connectivity index (χ0n) is 15.6. The van der Waals surface area contributed by atoms with Crippen molar-refractivity contribution in [1.82, 2.24) is 10.4 Å². The van der Waals surface area contributed by atoms with Crippen molar-refractivity contribution >= 4 is 23.5 Å². The molecule has 1 fully saturated rings. The molecule has 1 heterocycles. The van der Waals surface area contributed by atoms with Gasteiger partial charge in [-0.25, -0.2) is 15.2 Å². The average Bonchev–Trinajstić information content (AvgIpc) is 2.98. The first-order valence-electron chi connectivity index (χ1n) is 9.16. The van der Waals surface area contributed by atoms with Gasteiger partial charge in [-0.3, -0.25) is 14.8 Å². The topological polar surface area (TPSA) is 114 Å². The molecule has 0 radical (unpaired) electrons. The van der Waals surface area contributed by atoms with Crippen LogP contribution in [0.1, 0.15) is 30.4 Å². The van der Waals surface area contributed by atoms with Gasteiger partial charge in [-0.2, -0.15) is 5.26 Å². The van der Waals surface area contributed by atoms with E-state index in [1.54, 1.807) is 23.7 Å². The monoisotopic (exact) mass is 392 g/mol. The molecule has 2 N–H and O–H groups in total. The summed E-state index contributed by atoms with van der Waals surface area (Å²) in [5, 5.41) is 17.8. The molecular formula is C21H20N4O4. The largest absolute Gasteiger partial charge is 0.332 e. The van der Waals surface area contributed by atoms with E-state index in [0.717, 1.165) is 10.5 Å². The van der Waals surface area contributed by atoms with Crippen LogP contribution >= 0.6 is 0 Å². The van der Waals surface area contributed by atoms with Crippen LogP contribution in [-0.4, -0.2) is 34.0 Å². The van der Waals surface area contributed by atoms with Crippen molar-refractivity contribution in [2.24, 2.45) is 0 Å². The maximum Gasteiger partial charge on any atom is 0.332 e. The Balaban J connectivity index is 1.87. The lowest BCUT2D eigenvalue weighted by Gasteiger charge is -2.21. The summed E-state index contributed by atoms with van der Waals surface area (Å²) in [6, 6.07) is 16.4. The molecule has 0 aliphatic carbocycles. The van der Waals surface area contributed by atoms with Crippen molar-refractivity contribution in [3.8, 4) is 6.07 Å². The van der Waals surface area contributed by atoms with Crippen molar-refractivity contribution in [2.45, 2.75) is 31.8 Å². The molecular weight excluding hydrogens is 372 g/mol. The van der Waals surface area contributed by atoms with Crippen molar-refractivity contribution in [2.75, 3.05) is 4.90 Å². The number of benzene rings is 2. The third-order valence-corrected chi connectivity index (χ3v) is 4.75. The molecule has 1 saturated heterocycles. The van der Waals surface area contributed by atoms with Gasteiger partial charge >= 0.3 is 6.03 Å². The number of nitrogens with zero attached hydrogens (tertiary/aromatic N) is 3. The molecule has 3 rings (SSSR count). The van der Waals surface area contributed by atoms with Gasteiger partial charge < -0.3 is 4.90 Å². The number of urea groups is 1. The van der Waals surface area contributed by atoms with E-state index in [1.165, 1.54) is 11.0 Å². The highest BCUT2D eigenvalue weighted by molar-refractivity contribution is 6.21. The highest BCUT2D eigenvalue weighted by Gasteiger charge is 2.45. The number of hydroxylamine groups is 1. The second-order valence-corrected chi connectivity index (χ2v) is 6.67. The number of anilines is 1. The molecule has 1 unspecified atom stereocenters. The third-order valence-electron chi connectivity index (χ3n) is 4.75. The molecule has 4 amide bonds. The number of rotatable bonds is 7. The van der Waals surface area contributed by atoms with E-state index in [-0.39, 0.29) is 19.4 Å². The van der Waals surface area contributed by atoms with Gasteiger partial charge in [0.05, 0.1) is 17.3 Å². The quantitative estimate of drug-likeness (QED) is 0.427. The standard InChI is InChI=1S/C21H20N4O4/c22-13-16-8-4-9-17(12-16)25-20(27)18(10-5-11-19(26)23-29)24(21(25)28)14-15-6-2-1-3-7-15/h1-4,6-9,12,18,29H,5,10-11,14H2,(H,23,26). The van der Waals surface area contributed by atoms with Gasteiger partial charge in [-0.15, -0.1) is 0 Å². The summed E-state index contributed by atoms with van der Waals surface area (Å²) >= 11 is 0. The lowest BCUT2D eigenvalue weighted by atomic mass is 10.1. The number of nitrogens with one attached hydrogen (secondary N) is 1. The van der Waals surface area contributed by atoms with Crippen LogP contribution in [0.15, 0.2) is 54.6 Å². The number of imide groups is 1. The maximum absolute atomic E-state index is 13.1. The van der Waals surface area contributed by atoms with Crippen molar-refractivity contribution in [3.63, 3.8) is 0 Å². The van der Waals surface area contributed by atoms with Crippen molar-refractivity contribution in [1.29, 1.82) is 5.26 Å². The molecule has 1 atom stereocenters. The molecule has 0 aromatic heterocycles. The van der Waals surface area contributed by atoms with Crippen LogP contribution in [0.5, 0.6) is 0 Å². The first-order chi connectivity index (χ1) is 14.0. The lowest BCUT2D eigenvalue weighted by molar-refractivity contribution is -0.129. The first-order valence-corrected chi connectivity index (χ1v) is 9.16. The Labute approximate surface area is 167 Å². The highest BCUT2D eigenvalue weighted by Crippen LogP contribution is 2.29. The molecule has 8 nitrogen and oxygen atoms in total. The smallest absolute Gasteiger partial charge is 0.308 e. The molecule has 8 heteroatoms. The van der Waals surface area contributed by atoms with E-state index >= 15 is 0 Å². The molecule has 1 aliphatic heterocycles. The van der Waals surface area contributed by atoms with Gasteiger partial charge in [-0.1, -0.05) is 36.4 Å². The van der Waals surface area contributed by atoms with Crippen molar-refractivity contribution in [3.05, 3.63) is 65.7 Å². The zero-order valence-corrected chi connectivity index (χ0v) is 15.6. The van der Waals surface area contributed by atoms with Gasteiger partial charge in [0, 0.05) is 13.0 Å². The Morgan fingerprint density at radius 3 is 2.59 bits per heavy atom. The summed E-state index contributed by atoms with van der Waals surface area (Å²) in [4.78, 5) is 40.1. The minimum atomic E-state index is -0.736. The Kier molecular flexibility index (Phi) is 6.22. The predicted octanol–water partition coefficient (Wildman–Crippen LogP) is 2.57. The van der Waals surface area contributed by atoms with E-state index in [2.05, 4.69) is 0 Å². The van der Waals surface area contributed by atoms with Gasteiger partial charge in [-0.05, 0) is 36.6 Å². The maximum atomic E-state index is 13.1. The molecule has 0 spiro atoms. The lowest BCUT2D eigenvalue weighted by Crippen LogP contribution is -2.35. The van der Waals surface area contributed by atoms with E-state index in [9.17, 15) is 14.4 Å². The summed E-state index contributed by atoms with van der Waals surface area (Å²) in [6.45, 7) is 0.247. The van der Waals surface area contributed by atoms with Gasteiger partial charge in [0.2, 0.25) is 5.91 Å². The van der Waals surface area contributed by atoms with Crippen LogP contribution in [0.2, 0.25) is 0 Å². The predicted molar refractivity (Wildman–Crippen MR) is 104 cm³/mol. The summed E-state index contributed by atoms with van der Waals surface area (Å²) in [7, 11) is 0. The molecule has 2 aromatic rings. The minimum absolute atomic E-state index is 0.0393. The Morgan fingerprint density at radius 2 is 1.90 bits per heavy atom. The molecule has 148 valence electrons. The van der Waals surface area contributed by atoms with Crippen molar-refractivity contribution < 1.29 is 19.6 Å². The fourth-order valence-corrected chi connectivity index (χ4v) is 3.34. The highest BCUT2D eigenvalue weighted by atomic mass is 16.5. The number of hydrogen-bond donors (Lipinski definition) is 2. The fraction of sp³-hybridized carbons (Fsp3) is 0.238. The zero-order chi connectivity index (χ0) is 20.8. The molecule has 0 saturated carbocycles. The summed E-state index contributed by atoms with van der Waals surface area (Å²) in [5.74, 6) is -0.944. The van der Waals surface area contributed by atoms with Crippen LogP contribution < -0.4 is 10.4 Å². The number of carbonyl (C=O) groups is 3. The average molecular weight is 392 g/mol. The van der Waals surface area contributed by atoms with Gasteiger partial charge in [0.1, 0.15) is 6.04 Å². The molecule has 29 heavy (non-hydrogen) atoms. The minimum Gasteiger partial charge on any atom is -0.308 e. The Bertz CT molecular complexity index is 955. The number of amides is 4. The summed E-state index contributed by atoms with van der Waals surface area (Å²) < 4.78 is 0. The number of carbonyl (C=O) groups excluding carboxylic acids is 3. The van der Waals surface area contributed by atoms with Crippen LogP contribution in [0.3, 0.4) is 0 Å².